The van der Waals surface area contributed by atoms with Crippen LogP contribution in [0.4, 0.5) is 5.69 Å². The maximum Gasteiger partial charge on any atom is 0.316 e. The Balaban J connectivity index is 1.64. The first-order valence-corrected chi connectivity index (χ1v) is 8.40. The number of hydrogen-bond donors (Lipinski definition) is 1. The monoisotopic (exact) mass is 357 g/mol. The van der Waals surface area contributed by atoms with Gasteiger partial charge in [0, 0.05) is 30.9 Å². The van der Waals surface area contributed by atoms with Crippen molar-refractivity contribution in [2.24, 2.45) is 0 Å². The third-order valence-electron chi connectivity index (χ3n) is 4.38. The average Bonchev–Trinajstić information content (AvgIpc) is 3.27. The van der Waals surface area contributed by atoms with E-state index in [-0.39, 0.29) is 5.89 Å². The lowest BCUT2D eigenvalue weighted by atomic mass is 10.1. The number of anilines is 1. The van der Waals surface area contributed by atoms with Crippen LogP contribution >= 0.6 is 0 Å². The second-order valence-corrected chi connectivity index (χ2v) is 6.16. The molecule has 1 N–H and O–H groups in total. The number of aryl methyl sites for hydroxylation is 1. The van der Waals surface area contributed by atoms with Gasteiger partial charge < -0.3 is 19.3 Å². The second kappa shape index (κ2) is 6.75. The van der Waals surface area contributed by atoms with Gasteiger partial charge in [0.2, 0.25) is 0 Å². The van der Waals surface area contributed by atoms with E-state index in [1.165, 1.54) is 0 Å². The average molecular weight is 357 g/mol. The van der Waals surface area contributed by atoms with Gasteiger partial charge in [-0.3, -0.25) is 9.48 Å². The molecular formula is C17H19N5O4. The van der Waals surface area contributed by atoms with Crippen LogP contribution < -0.4 is 10.1 Å². The van der Waals surface area contributed by atoms with Crippen molar-refractivity contribution < 1.29 is 18.8 Å². The number of fused-ring (bicyclic) bond motifs is 1. The van der Waals surface area contributed by atoms with Crippen LogP contribution in [0.3, 0.4) is 0 Å². The van der Waals surface area contributed by atoms with E-state index in [0.29, 0.717) is 23.3 Å². The fourth-order valence-electron chi connectivity index (χ4n) is 3.04. The fourth-order valence-corrected chi connectivity index (χ4v) is 3.04. The molecule has 2 aromatic heterocycles. The number of hydrogen-bond acceptors (Lipinski definition) is 7. The van der Waals surface area contributed by atoms with E-state index in [9.17, 15) is 4.79 Å². The van der Waals surface area contributed by atoms with Crippen molar-refractivity contribution in [2.45, 2.75) is 25.8 Å². The third-order valence-corrected chi connectivity index (χ3v) is 4.38. The molecular weight excluding hydrogens is 338 g/mol. The Morgan fingerprint density at radius 2 is 2.15 bits per heavy atom. The standard InChI is InChI=1S/C17H19N5O4/c1-10-18-17(26-21-10)16(23)19-14-7-11-9-22(12-3-5-25-6-4-12)20-13(11)8-15(14)24-2/h7-9,12H,3-6H2,1-2H3,(H,19,23). The lowest BCUT2D eigenvalue weighted by molar-refractivity contribution is 0.0664. The van der Waals surface area contributed by atoms with Crippen molar-refractivity contribution in [1.82, 2.24) is 19.9 Å². The van der Waals surface area contributed by atoms with E-state index in [2.05, 4.69) is 20.6 Å². The van der Waals surface area contributed by atoms with Crippen LogP contribution in [0.5, 0.6) is 5.75 Å². The topological polar surface area (TPSA) is 104 Å². The van der Waals surface area contributed by atoms with Gasteiger partial charge in [0.05, 0.1) is 24.4 Å². The molecule has 1 aromatic carbocycles. The Kier molecular flexibility index (Phi) is 4.29. The van der Waals surface area contributed by atoms with Gasteiger partial charge in [0.1, 0.15) is 5.75 Å². The Labute approximate surface area is 149 Å². The maximum atomic E-state index is 12.3. The molecule has 0 radical (unpaired) electrons. The van der Waals surface area contributed by atoms with Gasteiger partial charge in [-0.2, -0.15) is 10.1 Å². The smallest absolute Gasteiger partial charge is 0.316 e. The Morgan fingerprint density at radius 1 is 1.35 bits per heavy atom. The molecule has 1 aliphatic heterocycles. The third kappa shape index (κ3) is 3.13. The molecule has 1 amide bonds. The van der Waals surface area contributed by atoms with E-state index >= 15 is 0 Å². The Hall–Kier alpha value is -2.94. The summed E-state index contributed by atoms with van der Waals surface area (Å²) in [7, 11) is 1.54. The number of carbonyl (C=O) groups is 1. The Bertz CT molecular complexity index is 942. The number of methoxy groups -OCH3 is 1. The van der Waals surface area contributed by atoms with Gasteiger partial charge in [-0.05, 0) is 25.8 Å². The molecule has 3 aromatic rings. The van der Waals surface area contributed by atoms with E-state index in [4.69, 9.17) is 14.0 Å². The highest BCUT2D eigenvalue weighted by Gasteiger charge is 2.20. The molecule has 0 saturated carbocycles. The summed E-state index contributed by atoms with van der Waals surface area (Å²) < 4.78 is 17.7. The molecule has 9 heteroatoms. The molecule has 0 aliphatic carbocycles. The summed E-state index contributed by atoms with van der Waals surface area (Å²) in [5.74, 6) is 0.331. The van der Waals surface area contributed by atoms with Gasteiger partial charge in [-0.15, -0.1) is 0 Å². The first-order chi connectivity index (χ1) is 12.6. The molecule has 0 spiro atoms. The van der Waals surface area contributed by atoms with Crippen molar-refractivity contribution in [2.75, 3.05) is 25.6 Å². The summed E-state index contributed by atoms with van der Waals surface area (Å²) in [5.41, 5.74) is 1.33. The lowest BCUT2D eigenvalue weighted by Gasteiger charge is -2.22. The molecule has 0 atom stereocenters. The predicted molar refractivity (Wildman–Crippen MR) is 92.4 cm³/mol. The van der Waals surface area contributed by atoms with Crippen LogP contribution in [0.1, 0.15) is 35.4 Å². The first kappa shape index (κ1) is 16.5. The molecule has 3 heterocycles. The minimum atomic E-state index is -0.486. The van der Waals surface area contributed by atoms with Crippen LogP contribution in [0.25, 0.3) is 10.9 Å². The van der Waals surface area contributed by atoms with Crippen molar-refractivity contribution in [1.29, 1.82) is 0 Å². The number of nitrogens with one attached hydrogen (secondary N) is 1. The zero-order valence-electron chi connectivity index (χ0n) is 14.6. The van der Waals surface area contributed by atoms with Crippen molar-refractivity contribution in [3.05, 3.63) is 30.0 Å². The summed E-state index contributed by atoms with van der Waals surface area (Å²) in [4.78, 5) is 16.2. The molecule has 136 valence electrons. The van der Waals surface area contributed by atoms with Crippen LogP contribution in [-0.4, -0.2) is 46.2 Å². The molecule has 26 heavy (non-hydrogen) atoms. The van der Waals surface area contributed by atoms with Gasteiger partial charge >= 0.3 is 11.8 Å². The van der Waals surface area contributed by atoms with Crippen LogP contribution in [-0.2, 0) is 4.74 Å². The van der Waals surface area contributed by atoms with Crippen LogP contribution in [0.15, 0.2) is 22.9 Å². The molecule has 4 rings (SSSR count). The van der Waals surface area contributed by atoms with Crippen molar-refractivity contribution in [3.63, 3.8) is 0 Å². The van der Waals surface area contributed by atoms with Crippen LogP contribution in [0, 0.1) is 6.92 Å². The molecule has 9 nitrogen and oxygen atoms in total. The highest BCUT2D eigenvalue weighted by molar-refractivity contribution is 6.03. The van der Waals surface area contributed by atoms with Gasteiger partial charge in [-0.1, -0.05) is 5.16 Å². The largest absolute Gasteiger partial charge is 0.494 e. The summed E-state index contributed by atoms with van der Waals surface area (Å²) >= 11 is 0. The molecule has 1 fully saturated rings. The maximum absolute atomic E-state index is 12.3. The zero-order chi connectivity index (χ0) is 18.1. The van der Waals surface area contributed by atoms with E-state index in [0.717, 1.165) is 37.0 Å². The summed E-state index contributed by atoms with van der Waals surface area (Å²) in [6.45, 7) is 3.14. The quantitative estimate of drug-likeness (QED) is 0.764. The number of ether oxygens (including phenoxy) is 2. The van der Waals surface area contributed by atoms with Gasteiger partial charge in [0.25, 0.3) is 0 Å². The highest BCUT2D eigenvalue weighted by Crippen LogP contribution is 2.31. The van der Waals surface area contributed by atoms with E-state index in [1.807, 2.05) is 16.9 Å². The van der Waals surface area contributed by atoms with Gasteiger partial charge in [0.15, 0.2) is 5.82 Å². The van der Waals surface area contributed by atoms with Crippen molar-refractivity contribution >= 4 is 22.5 Å². The van der Waals surface area contributed by atoms with E-state index in [1.54, 1.807) is 20.1 Å². The van der Waals surface area contributed by atoms with Gasteiger partial charge in [-0.25, -0.2) is 0 Å². The number of carbonyl (C=O) groups excluding carboxylic acids is 1. The second-order valence-electron chi connectivity index (χ2n) is 6.16. The van der Waals surface area contributed by atoms with Crippen molar-refractivity contribution in [3.8, 4) is 5.75 Å². The number of aromatic nitrogens is 4. The minimum absolute atomic E-state index is 0.0949. The van der Waals surface area contributed by atoms with E-state index < -0.39 is 5.91 Å². The zero-order valence-corrected chi connectivity index (χ0v) is 14.6. The number of nitrogens with zero attached hydrogens (tertiary/aromatic N) is 4. The molecule has 1 saturated heterocycles. The summed E-state index contributed by atoms with van der Waals surface area (Å²) in [6.07, 6.45) is 3.85. The van der Waals surface area contributed by atoms with Crippen LogP contribution in [0.2, 0.25) is 0 Å². The normalized spacial score (nSPS) is 15.3. The lowest BCUT2D eigenvalue weighted by Crippen LogP contribution is -2.19. The SMILES string of the molecule is COc1cc2nn(C3CCOCC3)cc2cc1NC(=O)c1nc(C)no1. The number of benzene rings is 1. The fraction of sp³-hybridized carbons (Fsp3) is 0.412. The number of rotatable bonds is 4. The number of amides is 1. The molecule has 1 aliphatic rings. The Morgan fingerprint density at radius 3 is 2.85 bits per heavy atom. The minimum Gasteiger partial charge on any atom is -0.494 e. The predicted octanol–water partition coefficient (Wildman–Crippen LogP) is 2.34. The first-order valence-electron chi connectivity index (χ1n) is 8.40. The molecule has 0 bridgehead atoms. The summed E-state index contributed by atoms with van der Waals surface area (Å²) in [5, 5.41) is 11.9. The highest BCUT2D eigenvalue weighted by atomic mass is 16.5. The summed E-state index contributed by atoms with van der Waals surface area (Å²) in [6, 6.07) is 3.96. The molecule has 0 unspecified atom stereocenters.